The molecule has 0 unspecified atom stereocenters. The van der Waals surface area contributed by atoms with Crippen LogP contribution in [0.5, 0.6) is 0 Å². The van der Waals surface area contributed by atoms with Crippen molar-refractivity contribution >= 4 is 23.5 Å². The second-order valence-electron chi connectivity index (χ2n) is 9.67. The Morgan fingerprint density at radius 3 is 2.56 bits per heavy atom. The van der Waals surface area contributed by atoms with Crippen molar-refractivity contribution in [3.05, 3.63) is 47.2 Å². The summed E-state index contributed by atoms with van der Waals surface area (Å²) in [7, 11) is 0. The molecule has 1 aromatic heterocycles. The van der Waals surface area contributed by atoms with Crippen molar-refractivity contribution in [1.82, 2.24) is 15.3 Å². The van der Waals surface area contributed by atoms with Crippen LogP contribution in [0.15, 0.2) is 35.5 Å². The highest BCUT2D eigenvalue weighted by molar-refractivity contribution is 7.98. The molecule has 7 heteroatoms. The van der Waals surface area contributed by atoms with Crippen LogP contribution in [0.25, 0.3) is 0 Å². The van der Waals surface area contributed by atoms with E-state index in [1.807, 2.05) is 24.3 Å². The van der Waals surface area contributed by atoms with Crippen LogP contribution in [0.3, 0.4) is 0 Å². The van der Waals surface area contributed by atoms with Gasteiger partial charge in [0.15, 0.2) is 5.16 Å². The summed E-state index contributed by atoms with van der Waals surface area (Å²) >= 11 is 1.65. The molecule has 0 aliphatic carbocycles. The van der Waals surface area contributed by atoms with Crippen molar-refractivity contribution in [2.24, 2.45) is 0 Å². The summed E-state index contributed by atoms with van der Waals surface area (Å²) < 4.78 is 5.57. The number of anilines is 1. The standard InChI is InChI=1S/C25H34N4O2S/c1-25(2,3)21-15-22(29-12-4-5-13-29)28-24(27-21)32-17-18-8-10-19(11-9-18)23(30)26-16-20-7-6-14-31-20/h8-11,15,20H,4-7,12-14,16-17H2,1-3H3,(H,26,30)/t20-/m1/s1. The van der Waals surface area contributed by atoms with E-state index in [2.05, 4.69) is 37.1 Å². The molecule has 6 nitrogen and oxygen atoms in total. The van der Waals surface area contributed by atoms with E-state index in [1.54, 1.807) is 11.8 Å². The Hall–Kier alpha value is -2.12. The maximum absolute atomic E-state index is 12.4. The van der Waals surface area contributed by atoms with Gasteiger partial charge in [0.1, 0.15) is 5.82 Å². The van der Waals surface area contributed by atoms with Crippen molar-refractivity contribution in [3.63, 3.8) is 0 Å². The van der Waals surface area contributed by atoms with Gasteiger partial charge < -0.3 is 15.0 Å². The molecule has 1 amide bonds. The van der Waals surface area contributed by atoms with Crippen LogP contribution in [0.2, 0.25) is 0 Å². The number of ether oxygens (including phenoxy) is 1. The topological polar surface area (TPSA) is 67.4 Å². The Balaban J connectivity index is 1.38. The third-order valence-electron chi connectivity index (χ3n) is 5.99. The highest BCUT2D eigenvalue weighted by Gasteiger charge is 2.22. The molecular weight excluding hydrogens is 420 g/mol. The van der Waals surface area contributed by atoms with Crippen LogP contribution in [0.4, 0.5) is 5.82 Å². The molecule has 1 atom stereocenters. The van der Waals surface area contributed by atoms with Crippen LogP contribution in [-0.4, -0.2) is 48.2 Å². The molecule has 2 saturated heterocycles. The number of carbonyl (C=O) groups is 1. The van der Waals surface area contributed by atoms with Gasteiger partial charge in [-0.3, -0.25) is 4.79 Å². The summed E-state index contributed by atoms with van der Waals surface area (Å²) in [5.41, 5.74) is 2.89. The van der Waals surface area contributed by atoms with Crippen molar-refractivity contribution in [1.29, 1.82) is 0 Å². The molecule has 4 rings (SSSR count). The van der Waals surface area contributed by atoms with Crippen LogP contribution >= 0.6 is 11.8 Å². The molecule has 3 heterocycles. The SMILES string of the molecule is CC(C)(C)c1cc(N2CCCC2)nc(SCc2ccc(C(=O)NC[C@H]3CCCO3)cc2)n1. The molecule has 1 N–H and O–H groups in total. The van der Waals surface area contributed by atoms with Gasteiger partial charge in [-0.1, -0.05) is 44.7 Å². The fraction of sp³-hybridized carbons (Fsp3) is 0.560. The van der Waals surface area contributed by atoms with Crippen molar-refractivity contribution in [3.8, 4) is 0 Å². The molecule has 2 aliphatic rings. The van der Waals surface area contributed by atoms with Gasteiger partial charge >= 0.3 is 0 Å². The highest BCUT2D eigenvalue weighted by Crippen LogP contribution is 2.29. The molecule has 2 fully saturated rings. The highest BCUT2D eigenvalue weighted by atomic mass is 32.2. The lowest BCUT2D eigenvalue weighted by Gasteiger charge is -2.23. The second kappa shape index (κ2) is 10.2. The largest absolute Gasteiger partial charge is 0.376 e. The number of thioether (sulfide) groups is 1. The zero-order valence-corrected chi connectivity index (χ0v) is 20.2. The average Bonchev–Trinajstić information content (AvgIpc) is 3.50. The summed E-state index contributed by atoms with van der Waals surface area (Å²) in [4.78, 5) is 24.5. The van der Waals surface area contributed by atoms with Gasteiger partial charge in [-0.15, -0.1) is 0 Å². The van der Waals surface area contributed by atoms with Gasteiger partial charge in [-0.2, -0.15) is 0 Å². The van der Waals surface area contributed by atoms with Gasteiger partial charge in [-0.25, -0.2) is 9.97 Å². The summed E-state index contributed by atoms with van der Waals surface area (Å²) in [6, 6.07) is 9.97. The number of rotatable bonds is 7. The first-order valence-corrected chi connectivity index (χ1v) is 12.6. The number of nitrogens with one attached hydrogen (secondary N) is 1. The molecule has 32 heavy (non-hydrogen) atoms. The Bertz CT molecular complexity index is 915. The lowest BCUT2D eigenvalue weighted by molar-refractivity contribution is 0.0858. The predicted octanol–water partition coefficient (Wildman–Crippen LogP) is 4.58. The zero-order chi connectivity index (χ0) is 22.6. The molecule has 172 valence electrons. The normalized spacial score (nSPS) is 18.8. The van der Waals surface area contributed by atoms with Crippen LogP contribution < -0.4 is 10.2 Å². The van der Waals surface area contributed by atoms with Crippen LogP contribution in [-0.2, 0) is 15.9 Å². The van der Waals surface area contributed by atoms with Gasteiger partial charge in [-0.05, 0) is 43.4 Å². The first-order chi connectivity index (χ1) is 15.4. The van der Waals surface area contributed by atoms with Gasteiger partial charge in [0.2, 0.25) is 0 Å². The van der Waals surface area contributed by atoms with E-state index in [9.17, 15) is 4.79 Å². The van der Waals surface area contributed by atoms with Crippen molar-refractivity contribution in [2.45, 2.75) is 68.9 Å². The number of amides is 1. The van der Waals surface area contributed by atoms with Crippen LogP contribution in [0, 0.1) is 0 Å². The fourth-order valence-electron chi connectivity index (χ4n) is 3.98. The Morgan fingerprint density at radius 2 is 1.91 bits per heavy atom. The Morgan fingerprint density at radius 1 is 1.16 bits per heavy atom. The van der Waals surface area contributed by atoms with Gasteiger partial charge in [0, 0.05) is 49.0 Å². The summed E-state index contributed by atoms with van der Waals surface area (Å²) in [6.07, 6.45) is 4.71. The third-order valence-corrected chi connectivity index (χ3v) is 6.91. The Labute approximate surface area is 195 Å². The molecule has 0 saturated carbocycles. The number of aromatic nitrogens is 2. The van der Waals surface area contributed by atoms with Crippen molar-refractivity contribution in [2.75, 3.05) is 31.1 Å². The number of carbonyl (C=O) groups excluding carboxylic acids is 1. The van der Waals surface area contributed by atoms with E-state index < -0.39 is 0 Å². The fourth-order valence-corrected chi connectivity index (χ4v) is 4.79. The smallest absolute Gasteiger partial charge is 0.251 e. The Kier molecular flexibility index (Phi) is 7.36. The molecule has 1 aromatic carbocycles. The minimum Gasteiger partial charge on any atom is -0.376 e. The minimum absolute atomic E-state index is 0.0225. The van der Waals surface area contributed by atoms with E-state index >= 15 is 0 Å². The van der Waals surface area contributed by atoms with E-state index in [4.69, 9.17) is 14.7 Å². The molecule has 2 aliphatic heterocycles. The molecule has 0 radical (unpaired) electrons. The van der Waals surface area contributed by atoms with E-state index in [0.717, 1.165) is 60.5 Å². The van der Waals surface area contributed by atoms with E-state index in [0.29, 0.717) is 12.1 Å². The molecule has 2 aromatic rings. The van der Waals surface area contributed by atoms with E-state index in [1.165, 1.54) is 12.8 Å². The average molecular weight is 455 g/mol. The summed E-state index contributed by atoms with van der Waals surface area (Å²) in [5, 5.41) is 3.79. The monoisotopic (exact) mass is 454 g/mol. The van der Waals surface area contributed by atoms with Gasteiger partial charge in [0.25, 0.3) is 5.91 Å². The lowest BCUT2D eigenvalue weighted by Crippen LogP contribution is -2.31. The maximum atomic E-state index is 12.4. The van der Waals surface area contributed by atoms with Crippen molar-refractivity contribution < 1.29 is 9.53 Å². The third kappa shape index (κ3) is 6.01. The number of hydrogen-bond acceptors (Lipinski definition) is 6. The number of hydrogen-bond donors (Lipinski definition) is 1. The first-order valence-electron chi connectivity index (χ1n) is 11.6. The molecule has 0 spiro atoms. The summed E-state index contributed by atoms with van der Waals surface area (Å²) in [6.45, 7) is 10.1. The van der Waals surface area contributed by atoms with E-state index in [-0.39, 0.29) is 17.4 Å². The molecular formula is C25H34N4O2S. The van der Waals surface area contributed by atoms with Crippen LogP contribution in [0.1, 0.15) is 68.1 Å². The van der Waals surface area contributed by atoms with Gasteiger partial charge in [0.05, 0.1) is 11.8 Å². The number of benzene rings is 1. The predicted molar refractivity (Wildman–Crippen MR) is 129 cm³/mol. The second-order valence-corrected chi connectivity index (χ2v) is 10.6. The lowest BCUT2D eigenvalue weighted by atomic mass is 9.92. The zero-order valence-electron chi connectivity index (χ0n) is 19.4. The quantitative estimate of drug-likeness (QED) is 0.488. The number of nitrogens with zero attached hydrogens (tertiary/aromatic N) is 3. The summed E-state index contributed by atoms with van der Waals surface area (Å²) in [5.74, 6) is 1.77. The molecule has 0 bridgehead atoms. The first kappa shape index (κ1) is 23.1. The maximum Gasteiger partial charge on any atom is 0.251 e. The minimum atomic E-state index is -0.0452.